The van der Waals surface area contributed by atoms with Gasteiger partial charge < -0.3 is 15.0 Å². The van der Waals surface area contributed by atoms with Gasteiger partial charge in [-0.25, -0.2) is 4.79 Å². The van der Waals surface area contributed by atoms with E-state index < -0.39 is 12.1 Å². The summed E-state index contributed by atoms with van der Waals surface area (Å²) in [4.78, 5) is 33.1. The van der Waals surface area contributed by atoms with Crippen LogP contribution < -0.4 is 5.32 Å². The number of carbonyl (C=O) groups excluding carboxylic acids is 2. The smallest absolute Gasteiger partial charge is 0.339 e. The van der Waals surface area contributed by atoms with Crippen molar-refractivity contribution < 1.29 is 14.3 Å². The average molecular weight is 440 g/mol. The number of rotatable bonds is 4. The highest BCUT2D eigenvalue weighted by Crippen LogP contribution is 2.29. The van der Waals surface area contributed by atoms with E-state index in [2.05, 4.69) is 10.2 Å². The number of hydrogen-bond donors (Lipinski definition) is 1. The van der Waals surface area contributed by atoms with Crippen molar-refractivity contribution in [2.45, 2.75) is 26.0 Å². The van der Waals surface area contributed by atoms with E-state index in [1.54, 1.807) is 6.92 Å². The molecular weight excluding hydrogens is 414 g/mol. The normalized spacial score (nSPS) is 14.6. The topological polar surface area (TPSA) is 71.5 Å². The summed E-state index contributed by atoms with van der Waals surface area (Å²) in [6.45, 7) is 3.10. The fourth-order valence-electron chi connectivity index (χ4n) is 4.34. The first-order valence-electron chi connectivity index (χ1n) is 11.1. The van der Waals surface area contributed by atoms with Crippen LogP contribution in [0.2, 0.25) is 0 Å². The molecule has 0 radical (unpaired) electrons. The highest BCUT2D eigenvalue weighted by molar-refractivity contribution is 6.06. The molecule has 0 aliphatic carbocycles. The van der Waals surface area contributed by atoms with E-state index in [1.165, 1.54) is 0 Å². The van der Waals surface area contributed by atoms with Gasteiger partial charge in [-0.05, 0) is 42.9 Å². The maximum atomic E-state index is 13.3. The van der Waals surface area contributed by atoms with Crippen LogP contribution in [0, 0.1) is 0 Å². The first-order valence-corrected chi connectivity index (χ1v) is 11.1. The molecule has 1 aromatic heterocycles. The summed E-state index contributed by atoms with van der Waals surface area (Å²) >= 11 is 0. The van der Waals surface area contributed by atoms with Crippen molar-refractivity contribution in [3.63, 3.8) is 0 Å². The molecule has 0 saturated heterocycles. The minimum Gasteiger partial charge on any atom is -0.449 e. The van der Waals surface area contributed by atoms with E-state index in [0.717, 1.165) is 45.9 Å². The zero-order valence-electron chi connectivity index (χ0n) is 18.7. The molecule has 33 heavy (non-hydrogen) atoms. The number of hydrogen-bond acceptors (Lipinski definition) is 5. The van der Waals surface area contributed by atoms with Crippen molar-refractivity contribution in [1.82, 2.24) is 9.88 Å². The predicted octanol–water partition coefficient (Wildman–Crippen LogP) is 4.56. The highest BCUT2D eigenvalue weighted by Gasteiger charge is 2.27. The molecule has 0 saturated carbocycles. The van der Waals surface area contributed by atoms with Gasteiger partial charge in [0.1, 0.15) is 0 Å². The lowest BCUT2D eigenvalue weighted by Gasteiger charge is -2.27. The molecule has 1 amide bonds. The number of anilines is 1. The van der Waals surface area contributed by atoms with Gasteiger partial charge >= 0.3 is 5.97 Å². The number of amides is 1. The number of nitrogens with one attached hydrogen (secondary N) is 1. The highest BCUT2D eigenvalue weighted by atomic mass is 16.5. The summed E-state index contributed by atoms with van der Waals surface area (Å²) in [5.74, 6) is -0.871. The Bertz CT molecular complexity index is 1380. The Morgan fingerprint density at radius 2 is 1.79 bits per heavy atom. The molecule has 4 aromatic rings. The zero-order valence-corrected chi connectivity index (χ0v) is 18.7. The van der Waals surface area contributed by atoms with E-state index in [4.69, 9.17) is 9.72 Å². The minimum atomic E-state index is -0.951. The van der Waals surface area contributed by atoms with E-state index >= 15 is 0 Å². The molecule has 0 bridgehead atoms. The van der Waals surface area contributed by atoms with Crippen LogP contribution in [-0.2, 0) is 22.5 Å². The van der Waals surface area contributed by atoms with Crippen molar-refractivity contribution in [3.8, 4) is 0 Å². The number of likely N-dealkylation sites (N-methyl/N-ethyl adjacent to an activating group) is 1. The Labute approximate surface area is 192 Å². The molecule has 3 aromatic carbocycles. The van der Waals surface area contributed by atoms with Crippen molar-refractivity contribution in [1.29, 1.82) is 0 Å². The average Bonchev–Trinajstić information content (AvgIpc) is 2.82. The van der Waals surface area contributed by atoms with Gasteiger partial charge in [0.15, 0.2) is 6.10 Å². The quantitative estimate of drug-likeness (QED) is 0.472. The largest absolute Gasteiger partial charge is 0.449 e. The van der Waals surface area contributed by atoms with Crippen molar-refractivity contribution in [2.75, 3.05) is 18.9 Å². The number of para-hydroxylation sites is 1. The van der Waals surface area contributed by atoms with Crippen LogP contribution in [0.5, 0.6) is 0 Å². The lowest BCUT2D eigenvalue weighted by atomic mass is 9.96. The van der Waals surface area contributed by atoms with E-state index in [9.17, 15) is 9.59 Å². The Kier molecular flexibility index (Phi) is 5.52. The standard InChI is InChI=1S/C27H25N3O3/c1-17(26(31)28-20-12-11-18-7-3-4-8-19(18)15-20)33-27(32)25-21-9-5-6-10-23(21)29-24-13-14-30(2)16-22(24)25/h3-12,15,17H,13-14,16H2,1-2H3,(H,28,31). The second-order valence-electron chi connectivity index (χ2n) is 8.52. The molecule has 0 fully saturated rings. The Morgan fingerprint density at radius 1 is 1.03 bits per heavy atom. The third-order valence-electron chi connectivity index (χ3n) is 6.11. The molecule has 1 atom stereocenters. The number of pyridine rings is 1. The minimum absolute atomic E-state index is 0.372. The summed E-state index contributed by atoms with van der Waals surface area (Å²) in [5.41, 5.74) is 3.74. The number of esters is 1. The van der Waals surface area contributed by atoms with Gasteiger partial charge in [-0.2, -0.15) is 0 Å². The van der Waals surface area contributed by atoms with Gasteiger partial charge in [-0.15, -0.1) is 0 Å². The molecule has 6 nitrogen and oxygen atoms in total. The van der Waals surface area contributed by atoms with Crippen LogP contribution in [0.4, 0.5) is 5.69 Å². The van der Waals surface area contributed by atoms with Gasteiger partial charge in [-0.3, -0.25) is 9.78 Å². The lowest BCUT2D eigenvalue weighted by Crippen LogP contribution is -2.32. The monoisotopic (exact) mass is 439 g/mol. The molecule has 1 aliphatic rings. The Hall–Kier alpha value is -3.77. The fourth-order valence-corrected chi connectivity index (χ4v) is 4.34. The third-order valence-corrected chi connectivity index (χ3v) is 6.11. The summed E-state index contributed by atoms with van der Waals surface area (Å²) in [6, 6.07) is 21.2. The zero-order chi connectivity index (χ0) is 22.9. The Morgan fingerprint density at radius 3 is 2.64 bits per heavy atom. The molecule has 166 valence electrons. The van der Waals surface area contributed by atoms with Crippen molar-refractivity contribution in [3.05, 3.63) is 83.6 Å². The van der Waals surface area contributed by atoms with Crippen molar-refractivity contribution >= 4 is 39.2 Å². The van der Waals surface area contributed by atoms with Gasteiger partial charge in [0, 0.05) is 41.8 Å². The molecular formula is C27H25N3O3. The van der Waals surface area contributed by atoms with E-state index in [0.29, 0.717) is 17.8 Å². The first kappa shape index (κ1) is 21.1. The summed E-state index contributed by atoms with van der Waals surface area (Å²) in [6.07, 6.45) is -0.178. The lowest BCUT2D eigenvalue weighted by molar-refractivity contribution is -0.123. The molecule has 1 unspecified atom stereocenters. The molecule has 2 heterocycles. The van der Waals surface area contributed by atoms with Crippen molar-refractivity contribution in [2.24, 2.45) is 0 Å². The molecule has 0 spiro atoms. The van der Waals surface area contributed by atoms with Crippen LogP contribution in [0.1, 0.15) is 28.5 Å². The van der Waals surface area contributed by atoms with Crippen LogP contribution >= 0.6 is 0 Å². The first-order chi connectivity index (χ1) is 16.0. The summed E-state index contributed by atoms with van der Waals surface area (Å²) in [5, 5.41) is 5.73. The number of fused-ring (bicyclic) bond motifs is 3. The number of aromatic nitrogens is 1. The fraction of sp³-hybridized carbons (Fsp3) is 0.222. The van der Waals surface area contributed by atoms with Crippen LogP contribution in [0.3, 0.4) is 0 Å². The molecule has 1 N–H and O–H groups in total. The second kappa shape index (κ2) is 8.64. The summed E-state index contributed by atoms with van der Waals surface area (Å²) in [7, 11) is 2.02. The maximum absolute atomic E-state index is 13.3. The van der Waals surface area contributed by atoms with Gasteiger partial charge in [0.25, 0.3) is 5.91 Å². The summed E-state index contributed by atoms with van der Waals surface area (Å²) < 4.78 is 5.67. The maximum Gasteiger partial charge on any atom is 0.339 e. The number of carbonyl (C=O) groups is 2. The van der Waals surface area contributed by atoms with E-state index in [-0.39, 0.29) is 5.91 Å². The second-order valence-corrected chi connectivity index (χ2v) is 8.52. The van der Waals surface area contributed by atoms with Gasteiger partial charge in [-0.1, -0.05) is 48.5 Å². The number of benzene rings is 3. The predicted molar refractivity (Wildman–Crippen MR) is 129 cm³/mol. The van der Waals surface area contributed by atoms with Gasteiger partial charge in [0.2, 0.25) is 0 Å². The number of ether oxygens (including phenoxy) is 1. The molecule has 5 rings (SSSR count). The van der Waals surface area contributed by atoms with Crippen LogP contribution in [0.15, 0.2) is 66.7 Å². The molecule has 1 aliphatic heterocycles. The SMILES string of the molecule is CC(OC(=O)c1c2c(nc3ccccc13)CCN(C)C2)C(=O)Nc1ccc2ccccc2c1. The Balaban J connectivity index is 1.39. The molecule has 6 heteroatoms. The van der Waals surface area contributed by atoms with E-state index in [1.807, 2.05) is 73.8 Å². The third kappa shape index (κ3) is 4.17. The number of nitrogens with zero attached hydrogens (tertiary/aromatic N) is 2. The van der Waals surface area contributed by atoms with Gasteiger partial charge in [0.05, 0.1) is 11.1 Å². The van der Waals surface area contributed by atoms with Crippen LogP contribution in [0.25, 0.3) is 21.7 Å². The van der Waals surface area contributed by atoms with Crippen LogP contribution in [-0.4, -0.2) is 41.5 Å².